The van der Waals surface area contributed by atoms with Gasteiger partial charge in [0.25, 0.3) is 5.89 Å². The lowest BCUT2D eigenvalue weighted by molar-refractivity contribution is -0.143. The summed E-state index contributed by atoms with van der Waals surface area (Å²) < 4.78 is 7.11. The molecule has 4 rings (SSSR count). The molecule has 7 nitrogen and oxygen atoms in total. The molecule has 2 aliphatic rings. The van der Waals surface area contributed by atoms with E-state index in [0.717, 1.165) is 36.9 Å². The number of carbonyl (C=O) groups is 1. The van der Waals surface area contributed by atoms with Crippen LogP contribution < -0.4 is 0 Å². The summed E-state index contributed by atoms with van der Waals surface area (Å²) in [4.78, 5) is 19.3. The fraction of sp³-hybridized carbons (Fsp3) is 0.647. The average molecular weight is 329 g/mol. The van der Waals surface area contributed by atoms with E-state index in [2.05, 4.69) is 22.2 Å². The fourth-order valence-corrected chi connectivity index (χ4v) is 4.03. The van der Waals surface area contributed by atoms with Crippen molar-refractivity contribution in [3.05, 3.63) is 17.1 Å². The number of aryl methyl sites for hydroxylation is 2. The van der Waals surface area contributed by atoms with Gasteiger partial charge in [-0.1, -0.05) is 31.3 Å². The van der Waals surface area contributed by atoms with E-state index in [9.17, 15) is 4.79 Å². The summed E-state index contributed by atoms with van der Waals surface area (Å²) >= 11 is 0. The first-order valence-corrected chi connectivity index (χ1v) is 8.63. The molecule has 7 heteroatoms. The van der Waals surface area contributed by atoms with Crippen molar-refractivity contribution in [1.29, 1.82) is 0 Å². The maximum Gasteiger partial charge on any atom is 0.278 e. The number of amides is 1. The Hall–Kier alpha value is -2.18. The van der Waals surface area contributed by atoms with Crippen LogP contribution >= 0.6 is 0 Å². The summed E-state index contributed by atoms with van der Waals surface area (Å²) in [7, 11) is 1.90. The molecule has 1 aliphatic heterocycles. The van der Waals surface area contributed by atoms with Crippen molar-refractivity contribution in [2.24, 2.45) is 12.5 Å². The van der Waals surface area contributed by atoms with Crippen LogP contribution in [0.5, 0.6) is 0 Å². The van der Waals surface area contributed by atoms with Crippen LogP contribution in [0.25, 0.3) is 11.6 Å². The molecule has 1 amide bonds. The number of carbonyl (C=O) groups excluding carboxylic acids is 1. The fourth-order valence-electron chi connectivity index (χ4n) is 4.03. The summed E-state index contributed by atoms with van der Waals surface area (Å²) in [6.07, 6.45) is 5.53. The third kappa shape index (κ3) is 2.34. The van der Waals surface area contributed by atoms with Gasteiger partial charge in [-0.3, -0.25) is 9.48 Å². The molecule has 0 aromatic carbocycles. The highest BCUT2D eigenvalue weighted by atomic mass is 16.5. The molecule has 0 N–H and O–H groups in total. The smallest absolute Gasteiger partial charge is 0.278 e. The quantitative estimate of drug-likeness (QED) is 0.846. The Kier molecular flexibility index (Phi) is 3.47. The second-order valence-electron chi connectivity index (χ2n) is 7.33. The average Bonchev–Trinajstić information content (AvgIpc) is 3.24. The van der Waals surface area contributed by atoms with Crippen molar-refractivity contribution in [3.8, 4) is 11.6 Å². The first kappa shape index (κ1) is 15.4. The van der Waals surface area contributed by atoms with Gasteiger partial charge in [0.2, 0.25) is 5.91 Å². The Morgan fingerprint density at radius 3 is 2.62 bits per heavy atom. The van der Waals surface area contributed by atoms with Crippen LogP contribution in [-0.2, 0) is 24.9 Å². The van der Waals surface area contributed by atoms with Crippen molar-refractivity contribution in [2.45, 2.75) is 59.0 Å². The predicted octanol–water partition coefficient (Wildman–Crippen LogP) is 2.59. The maximum absolute atomic E-state index is 13.1. The van der Waals surface area contributed by atoms with Crippen molar-refractivity contribution in [1.82, 2.24) is 24.8 Å². The SMILES string of the molecule is Cc1noc(-c2nn(C)c3c2CN(C(=O)C2(C)CCCCC2)C3)n1. The lowest BCUT2D eigenvalue weighted by atomic mass is 9.74. The lowest BCUT2D eigenvalue weighted by Crippen LogP contribution is -2.41. The van der Waals surface area contributed by atoms with Crippen LogP contribution in [0.2, 0.25) is 0 Å². The van der Waals surface area contributed by atoms with Gasteiger partial charge in [0.05, 0.1) is 18.8 Å². The van der Waals surface area contributed by atoms with Crippen molar-refractivity contribution >= 4 is 5.91 Å². The van der Waals surface area contributed by atoms with E-state index in [1.54, 1.807) is 6.92 Å². The van der Waals surface area contributed by atoms with Crippen LogP contribution in [0, 0.1) is 12.3 Å². The summed E-state index contributed by atoms with van der Waals surface area (Å²) in [6.45, 7) is 5.10. The van der Waals surface area contributed by atoms with Gasteiger partial charge in [-0.2, -0.15) is 10.1 Å². The first-order valence-electron chi connectivity index (χ1n) is 8.63. The summed E-state index contributed by atoms with van der Waals surface area (Å²) in [5.74, 6) is 1.29. The summed E-state index contributed by atoms with van der Waals surface area (Å²) in [5.41, 5.74) is 2.59. The maximum atomic E-state index is 13.1. The zero-order chi connectivity index (χ0) is 16.9. The molecule has 0 radical (unpaired) electrons. The predicted molar refractivity (Wildman–Crippen MR) is 86.7 cm³/mol. The van der Waals surface area contributed by atoms with E-state index in [-0.39, 0.29) is 11.3 Å². The largest absolute Gasteiger partial charge is 0.332 e. The molecule has 2 aromatic rings. The Morgan fingerprint density at radius 2 is 1.96 bits per heavy atom. The number of rotatable bonds is 2. The van der Waals surface area contributed by atoms with Gasteiger partial charge in [-0.05, 0) is 19.8 Å². The molecule has 128 valence electrons. The van der Waals surface area contributed by atoms with Crippen LogP contribution in [0.4, 0.5) is 0 Å². The number of aromatic nitrogens is 4. The van der Waals surface area contributed by atoms with Gasteiger partial charge in [-0.25, -0.2) is 0 Å². The van der Waals surface area contributed by atoms with E-state index < -0.39 is 0 Å². The minimum absolute atomic E-state index is 0.213. The second-order valence-corrected chi connectivity index (χ2v) is 7.33. The van der Waals surface area contributed by atoms with Crippen molar-refractivity contribution in [2.75, 3.05) is 0 Å². The molecule has 0 bridgehead atoms. The van der Waals surface area contributed by atoms with Gasteiger partial charge < -0.3 is 9.42 Å². The molecule has 0 unspecified atom stereocenters. The van der Waals surface area contributed by atoms with Gasteiger partial charge in [0, 0.05) is 18.0 Å². The van der Waals surface area contributed by atoms with E-state index in [1.165, 1.54) is 6.42 Å². The van der Waals surface area contributed by atoms with Gasteiger partial charge in [-0.15, -0.1) is 0 Å². The third-order valence-corrected chi connectivity index (χ3v) is 5.46. The highest BCUT2D eigenvalue weighted by molar-refractivity contribution is 5.83. The van der Waals surface area contributed by atoms with Crippen LogP contribution in [-0.4, -0.2) is 30.7 Å². The number of nitrogens with zero attached hydrogens (tertiary/aromatic N) is 5. The molecular weight excluding hydrogens is 306 g/mol. The minimum atomic E-state index is -0.213. The Labute approximate surface area is 141 Å². The molecule has 3 heterocycles. The van der Waals surface area contributed by atoms with E-state index in [0.29, 0.717) is 30.5 Å². The number of hydrogen-bond donors (Lipinski definition) is 0. The first-order chi connectivity index (χ1) is 11.5. The van der Waals surface area contributed by atoms with Gasteiger partial charge >= 0.3 is 0 Å². The normalized spacial score (nSPS) is 19.5. The Balaban J connectivity index is 1.61. The van der Waals surface area contributed by atoms with E-state index in [4.69, 9.17) is 4.52 Å². The Bertz CT molecular complexity index is 785. The van der Waals surface area contributed by atoms with Crippen molar-refractivity contribution in [3.63, 3.8) is 0 Å². The van der Waals surface area contributed by atoms with E-state index in [1.807, 2.05) is 16.6 Å². The molecule has 1 fully saturated rings. The standard InChI is InChI=1S/C17H23N5O2/c1-11-18-15(24-20-11)14-12-9-22(10-13(12)21(3)19-14)16(23)17(2)7-5-4-6-8-17/h4-10H2,1-3H3. The molecular formula is C17H23N5O2. The Morgan fingerprint density at radius 1 is 1.21 bits per heavy atom. The highest BCUT2D eigenvalue weighted by Crippen LogP contribution is 2.40. The molecule has 24 heavy (non-hydrogen) atoms. The monoisotopic (exact) mass is 329 g/mol. The number of hydrogen-bond acceptors (Lipinski definition) is 5. The molecule has 1 saturated carbocycles. The van der Waals surface area contributed by atoms with Crippen LogP contribution in [0.15, 0.2) is 4.52 Å². The topological polar surface area (TPSA) is 77.0 Å². The third-order valence-electron chi connectivity index (χ3n) is 5.46. The molecule has 2 aromatic heterocycles. The van der Waals surface area contributed by atoms with Crippen molar-refractivity contribution < 1.29 is 9.32 Å². The van der Waals surface area contributed by atoms with E-state index >= 15 is 0 Å². The van der Waals surface area contributed by atoms with Crippen LogP contribution in [0.1, 0.15) is 56.1 Å². The highest BCUT2D eigenvalue weighted by Gasteiger charge is 2.41. The second kappa shape index (κ2) is 5.43. The molecule has 0 spiro atoms. The molecule has 0 atom stereocenters. The summed E-state index contributed by atoms with van der Waals surface area (Å²) in [6, 6.07) is 0. The number of fused-ring (bicyclic) bond motifs is 1. The minimum Gasteiger partial charge on any atom is -0.332 e. The van der Waals surface area contributed by atoms with Gasteiger partial charge in [0.1, 0.15) is 0 Å². The van der Waals surface area contributed by atoms with Crippen LogP contribution in [0.3, 0.4) is 0 Å². The molecule has 0 saturated heterocycles. The lowest BCUT2D eigenvalue weighted by Gasteiger charge is -2.35. The molecule has 1 aliphatic carbocycles. The zero-order valence-corrected chi connectivity index (χ0v) is 14.5. The van der Waals surface area contributed by atoms with Gasteiger partial charge in [0.15, 0.2) is 11.5 Å². The summed E-state index contributed by atoms with van der Waals surface area (Å²) in [5, 5.41) is 8.37. The zero-order valence-electron chi connectivity index (χ0n) is 14.5.